The molecule has 2 heteroatoms. The molecule has 2 rings (SSSR count). The fourth-order valence-electron chi connectivity index (χ4n) is 1.52. The van der Waals surface area contributed by atoms with Gasteiger partial charge in [0.2, 0.25) is 0 Å². The molecule has 2 nitrogen and oxygen atoms in total. The van der Waals surface area contributed by atoms with E-state index >= 15 is 0 Å². The molecule has 1 N–H and O–H groups in total. The lowest BCUT2D eigenvalue weighted by atomic mass is 10.1. The summed E-state index contributed by atoms with van der Waals surface area (Å²) in [4.78, 5) is 0. The highest BCUT2D eigenvalue weighted by Crippen LogP contribution is 2.31. The average molecular weight is 214 g/mol. The number of fused-ring (bicyclic) bond motifs is 1. The first-order chi connectivity index (χ1) is 7.66. The summed E-state index contributed by atoms with van der Waals surface area (Å²) in [6.07, 6.45) is 0. The van der Waals surface area contributed by atoms with Crippen molar-refractivity contribution < 1.29 is 9.84 Å². The van der Waals surface area contributed by atoms with Crippen molar-refractivity contribution in [2.45, 2.75) is 6.92 Å². The number of hydrogen-bond donors (Lipinski definition) is 1. The van der Waals surface area contributed by atoms with Crippen LogP contribution < -0.4 is 4.74 Å². The number of aromatic hydroxyl groups is 1. The maximum Gasteiger partial charge on any atom is 0.162 e. The van der Waals surface area contributed by atoms with Crippen LogP contribution in [0.4, 0.5) is 0 Å². The molecule has 16 heavy (non-hydrogen) atoms. The van der Waals surface area contributed by atoms with Gasteiger partial charge in [-0.2, -0.15) is 0 Å². The highest BCUT2D eigenvalue weighted by Gasteiger charge is 2.04. The van der Waals surface area contributed by atoms with E-state index in [1.807, 2.05) is 37.3 Å². The lowest BCUT2D eigenvalue weighted by molar-refractivity contribution is 0.329. The predicted molar refractivity (Wildman–Crippen MR) is 65.9 cm³/mol. The van der Waals surface area contributed by atoms with Gasteiger partial charge in [0.05, 0.1) is 0 Å². The summed E-state index contributed by atoms with van der Waals surface area (Å²) in [6.45, 7) is 6.07. The second-order valence-corrected chi connectivity index (χ2v) is 3.91. The molecule has 2 aromatic carbocycles. The number of phenols is 1. The van der Waals surface area contributed by atoms with Gasteiger partial charge in [0.15, 0.2) is 11.5 Å². The van der Waals surface area contributed by atoms with Crippen LogP contribution in [-0.2, 0) is 0 Å². The Morgan fingerprint density at radius 2 is 1.88 bits per heavy atom. The topological polar surface area (TPSA) is 29.5 Å². The van der Waals surface area contributed by atoms with Crippen molar-refractivity contribution in [3.05, 3.63) is 48.6 Å². The second-order valence-electron chi connectivity index (χ2n) is 3.91. The molecular formula is C14H14O2. The van der Waals surface area contributed by atoms with Crippen molar-refractivity contribution in [1.82, 2.24) is 0 Å². The molecule has 0 saturated carbocycles. The molecule has 0 aliphatic carbocycles. The Morgan fingerprint density at radius 1 is 1.25 bits per heavy atom. The van der Waals surface area contributed by atoms with Gasteiger partial charge in [-0.1, -0.05) is 30.8 Å². The third-order valence-corrected chi connectivity index (χ3v) is 2.30. The lowest BCUT2D eigenvalue weighted by Crippen LogP contribution is -1.97. The predicted octanol–water partition coefficient (Wildman–Crippen LogP) is 3.50. The average Bonchev–Trinajstić information content (AvgIpc) is 2.26. The minimum atomic E-state index is 0.167. The minimum Gasteiger partial charge on any atom is -0.504 e. The van der Waals surface area contributed by atoms with Crippen LogP contribution in [0.2, 0.25) is 0 Å². The molecule has 0 radical (unpaired) electrons. The van der Waals surface area contributed by atoms with Crippen LogP contribution in [0.5, 0.6) is 11.5 Å². The first kappa shape index (κ1) is 10.6. The maximum absolute atomic E-state index is 9.77. The van der Waals surface area contributed by atoms with Crippen molar-refractivity contribution in [2.75, 3.05) is 6.61 Å². The molecule has 0 spiro atoms. The summed E-state index contributed by atoms with van der Waals surface area (Å²) in [5, 5.41) is 11.8. The molecule has 0 bridgehead atoms. The van der Waals surface area contributed by atoms with E-state index in [2.05, 4.69) is 6.58 Å². The molecule has 0 saturated heterocycles. The molecule has 0 aliphatic rings. The Bertz CT molecular complexity index is 529. The van der Waals surface area contributed by atoms with E-state index in [1.165, 1.54) is 0 Å². The van der Waals surface area contributed by atoms with Crippen molar-refractivity contribution in [1.29, 1.82) is 0 Å². The summed E-state index contributed by atoms with van der Waals surface area (Å²) in [5.74, 6) is 0.668. The molecule has 0 aliphatic heterocycles. The molecular weight excluding hydrogens is 200 g/mol. The third kappa shape index (κ3) is 2.16. The van der Waals surface area contributed by atoms with Crippen LogP contribution >= 0.6 is 0 Å². The van der Waals surface area contributed by atoms with Gasteiger partial charge < -0.3 is 9.84 Å². The first-order valence-corrected chi connectivity index (χ1v) is 5.16. The SMILES string of the molecule is C=C(C)COc1cc2ccccc2cc1O. The molecule has 0 heterocycles. The van der Waals surface area contributed by atoms with E-state index < -0.39 is 0 Å². The lowest BCUT2D eigenvalue weighted by Gasteiger charge is -2.09. The van der Waals surface area contributed by atoms with E-state index in [1.54, 1.807) is 6.07 Å². The van der Waals surface area contributed by atoms with Gasteiger partial charge in [-0.3, -0.25) is 0 Å². The van der Waals surface area contributed by atoms with E-state index in [-0.39, 0.29) is 5.75 Å². The molecule has 0 atom stereocenters. The monoisotopic (exact) mass is 214 g/mol. The fourth-order valence-corrected chi connectivity index (χ4v) is 1.52. The van der Waals surface area contributed by atoms with Crippen molar-refractivity contribution in [3.8, 4) is 11.5 Å². The maximum atomic E-state index is 9.77. The Hall–Kier alpha value is -1.96. The van der Waals surface area contributed by atoms with E-state index in [4.69, 9.17) is 4.74 Å². The normalized spacial score (nSPS) is 10.3. The zero-order valence-electron chi connectivity index (χ0n) is 9.23. The van der Waals surface area contributed by atoms with Crippen molar-refractivity contribution in [3.63, 3.8) is 0 Å². The molecule has 0 fully saturated rings. The van der Waals surface area contributed by atoms with Crippen molar-refractivity contribution in [2.24, 2.45) is 0 Å². The van der Waals surface area contributed by atoms with E-state index in [0.717, 1.165) is 16.3 Å². The van der Waals surface area contributed by atoms with Gasteiger partial charge in [-0.05, 0) is 35.4 Å². The molecule has 82 valence electrons. The van der Waals surface area contributed by atoms with Gasteiger partial charge in [0.25, 0.3) is 0 Å². The van der Waals surface area contributed by atoms with E-state index in [9.17, 15) is 5.11 Å². The first-order valence-electron chi connectivity index (χ1n) is 5.16. The number of benzene rings is 2. The summed E-state index contributed by atoms with van der Waals surface area (Å²) in [5.41, 5.74) is 0.924. The van der Waals surface area contributed by atoms with Crippen LogP contribution in [0, 0.1) is 0 Å². The quantitative estimate of drug-likeness (QED) is 0.792. The van der Waals surface area contributed by atoms with Gasteiger partial charge in [0.1, 0.15) is 6.61 Å². The summed E-state index contributed by atoms with van der Waals surface area (Å²) < 4.78 is 5.46. The Kier molecular flexibility index (Phi) is 2.82. The van der Waals surface area contributed by atoms with Gasteiger partial charge in [0, 0.05) is 0 Å². The Labute approximate surface area is 94.8 Å². The molecule has 0 unspecified atom stereocenters. The minimum absolute atomic E-state index is 0.167. The van der Waals surface area contributed by atoms with Crippen LogP contribution in [0.25, 0.3) is 10.8 Å². The zero-order valence-corrected chi connectivity index (χ0v) is 9.23. The van der Waals surface area contributed by atoms with Crippen molar-refractivity contribution >= 4 is 10.8 Å². The largest absolute Gasteiger partial charge is 0.504 e. The van der Waals surface area contributed by atoms with Gasteiger partial charge in [-0.25, -0.2) is 0 Å². The standard InChI is InChI=1S/C14H14O2/c1-10(2)9-16-14-8-12-6-4-3-5-11(12)7-13(14)15/h3-8,15H,1,9H2,2H3. The van der Waals surface area contributed by atoms with E-state index in [0.29, 0.717) is 12.4 Å². The number of rotatable bonds is 3. The third-order valence-electron chi connectivity index (χ3n) is 2.30. The highest BCUT2D eigenvalue weighted by atomic mass is 16.5. The van der Waals surface area contributed by atoms with Crippen LogP contribution in [0.3, 0.4) is 0 Å². The molecule has 0 amide bonds. The molecule has 0 aromatic heterocycles. The van der Waals surface area contributed by atoms with Crippen LogP contribution in [0.15, 0.2) is 48.6 Å². The highest BCUT2D eigenvalue weighted by molar-refractivity contribution is 5.85. The second kappa shape index (κ2) is 4.27. The van der Waals surface area contributed by atoms with Gasteiger partial charge >= 0.3 is 0 Å². The fraction of sp³-hybridized carbons (Fsp3) is 0.143. The van der Waals surface area contributed by atoms with Crippen LogP contribution in [-0.4, -0.2) is 11.7 Å². The summed E-state index contributed by atoms with van der Waals surface area (Å²) >= 11 is 0. The Morgan fingerprint density at radius 3 is 2.50 bits per heavy atom. The summed E-state index contributed by atoms with van der Waals surface area (Å²) in [6, 6.07) is 11.4. The number of ether oxygens (including phenoxy) is 1. The number of hydrogen-bond acceptors (Lipinski definition) is 2. The van der Waals surface area contributed by atoms with Crippen LogP contribution in [0.1, 0.15) is 6.92 Å². The smallest absolute Gasteiger partial charge is 0.162 e. The Balaban J connectivity index is 2.38. The summed E-state index contributed by atoms with van der Waals surface area (Å²) in [7, 11) is 0. The molecule has 2 aromatic rings. The van der Waals surface area contributed by atoms with Gasteiger partial charge in [-0.15, -0.1) is 0 Å². The number of phenolic OH excluding ortho intramolecular Hbond substituents is 1. The zero-order chi connectivity index (χ0) is 11.5.